The Labute approximate surface area is 92.3 Å². The zero-order chi connectivity index (χ0) is 11.9. The van der Waals surface area contributed by atoms with E-state index in [9.17, 15) is 9.18 Å². The maximum atomic E-state index is 13.8. The molecule has 1 aromatic heterocycles. The quantitative estimate of drug-likeness (QED) is 0.740. The molecule has 0 radical (unpaired) electrons. The Balaban J connectivity index is 2.98. The summed E-state index contributed by atoms with van der Waals surface area (Å²) in [6.45, 7) is 5.79. The average Bonchev–Trinajstić information content (AvgIpc) is 2.18. The normalized spacial score (nSPS) is 12.0. The van der Waals surface area contributed by atoms with Crippen molar-refractivity contribution in [3.63, 3.8) is 0 Å². The van der Waals surface area contributed by atoms with E-state index in [2.05, 4.69) is 10.2 Å². The highest BCUT2D eigenvalue weighted by atomic mass is 19.1. The number of rotatable bonds is 0. The van der Waals surface area contributed by atoms with Gasteiger partial charge in [0.15, 0.2) is 0 Å². The Hall–Kier alpha value is -1.71. The molecule has 0 saturated heterocycles. The molecular formula is C12H13FN2O. The van der Waals surface area contributed by atoms with Crippen LogP contribution in [0, 0.1) is 5.82 Å². The monoisotopic (exact) mass is 220 g/mol. The highest BCUT2D eigenvalue weighted by molar-refractivity contribution is 5.84. The lowest BCUT2D eigenvalue weighted by molar-refractivity contribution is 0.557. The lowest BCUT2D eigenvalue weighted by Gasteiger charge is -2.19. The molecule has 4 heteroatoms. The van der Waals surface area contributed by atoms with E-state index in [0.717, 1.165) is 0 Å². The first-order chi connectivity index (χ1) is 7.41. The molecule has 0 bridgehead atoms. The minimum atomic E-state index is -0.402. The van der Waals surface area contributed by atoms with Gasteiger partial charge in [-0.1, -0.05) is 26.8 Å². The van der Waals surface area contributed by atoms with Crippen LogP contribution in [0.5, 0.6) is 0 Å². The van der Waals surface area contributed by atoms with Gasteiger partial charge in [-0.05, 0) is 12.1 Å². The molecular weight excluding hydrogens is 207 g/mol. The summed E-state index contributed by atoms with van der Waals surface area (Å²) >= 11 is 0. The molecule has 0 fully saturated rings. The number of fused-ring (bicyclic) bond motifs is 1. The van der Waals surface area contributed by atoms with Gasteiger partial charge in [0.2, 0.25) is 0 Å². The Morgan fingerprint density at radius 2 is 2.00 bits per heavy atom. The molecule has 1 aromatic carbocycles. The van der Waals surface area contributed by atoms with Gasteiger partial charge in [0, 0.05) is 10.8 Å². The van der Waals surface area contributed by atoms with Gasteiger partial charge in [0.05, 0.1) is 11.1 Å². The van der Waals surface area contributed by atoms with Gasteiger partial charge in [0.1, 0.15) is 5.82 Å². The number of hydrogen-bond acceptors (Lipinski definition) is 2. The van der Waals surface area contributed by atoms with Crippen molar-refractivity contribution in [1.29, 1.82) is 0 Å². The third kappa shape index (κ3) is 1.60. The van der Waals surface area contributed by atoms with Crippen LogP contribution in [0.15, 0.2) is 23.0 Å². The van der Waals surface area contributed by atoms with Gasteiger partial charge in [-0.3, -0.25) is 4.79 Å². The first kappa shape index (κ1) is 10.8. The van der Waals surface area contributed by atoms with Crippen LogP contribution in [0.3, 0.4) is 0 Å². The molecule has 1 heterocycles. The van der Waals surface area contributed by atoms with Gasteiger partial charge in [-0.25, -0.2) is 9.49 Å². The van der Waals surface area contributed by atoms with E-state index in [0.29, 0.717) is 16.5 Å². The third-order valence-corrected chi connectivity index (χ3v) is 2.47. The average molecular weight is 220 g/mol. The molecule has 2 aromatic rings. The molecule has 84 valence electrons. The van der Waals surface area contributed by atoms with Crippen molar-refractivity contribution < 1.29 is 4.39 Å². The van der Waals surface area contributed by atoms with Crippen LogP contribution >= 0.6 is 0 Å². The topological polar surface area (TPSA) is 45.8 Å². The van der Waals surface area contributed by atoms with Crippen LogP contribution < -0.4 is 5.56 Å². The van der Waals surface area contributed by atoms with Crippen molar-refractivity contribution in [1.82, 2.24) is 10.2 Å². The molecule has 0 amide bonds. The van der Waals surface area contributed by atoms with Gasteiger partial charge < -0.3 is 0 Å². The summed E-state index contributed by atoms with van der Waals surface area (Å²) in [7, 11) is 0. The number of H-pyrrole nitrogens is 1. The molecule has 0 spiro atoms. The Morgan fingerprint density at radius 3 is 2.62 bits per heavy atom. The largest absolute Gasteiger partial charge is 0.272 e. The fourth-order valence-corrected chi connectivity index (χ4v) is 1.72. The van der Waals surface area contributed by atoms with Crippen LogP contribution in [-0.4, -0.2) is 10.2 Å². The van der Waals surface area contributed by atoms with Gasteiger partial charge in [0.25, 0.3) is 5.56 Å². The molecule has 16 heavy (non-hydrogen) atoms. The van der Waals surface area contributed by atoms with Crippen molar-refractivity contribution in [2.24, 2.45) is 0 Å². The van der Waals surface area contributed by atoms with Gasteiger partial charge >= 0.3 is 0 Å². The molecule has 0 aliphatic heterocycles. The summed E-state index contributed by atoms with van der Waals surface area (Å²) in [5.74, 6) is -0.402. The van der Waals surface area contributed by atoms with Crippen molar-refractivity contribution in [2.75, 3.05) is 0 Å². The second kappa shape index (κ2) is 3.40. The van der Waals surface area contributed by atoms with E-state index in [1.165, 1.54) is 12.1 Å². The van der Waals surface area contributed by atoms with Crippen LogP contribution in [0.4, 0.5) is 4.39 Å². The molecule has 0 saturated carbocycles. The van der Waals surface area contributed by atoms with Gasteiger partial charge in [-0.15, -0.1) is 0 Å². The highest BCUT2D eigenvalue weighted by Gasteiger charge is 2.22. The predicted molar refractivity (Wildman–Crippen MR) is 61.0 cm³/mol. The first-order valence-corrected chi connectivity index (χ1v) is 5.08. The standard InChI is InChI=1S/C12H13FN2O/c1-12(2,3)10-9-7(11(16)15-14-10)5-4-6-8(9)13/h4-6H,1-3H3,(H,15,16). The fraction of sp³-hybridized carbons (Fsp3) is 0.333. The molecule has 0 atom stereocenters. The number of aromatic amines is 1. The number of nitrogens with one attached hydrogen (secondary N) is 1. The van der Waals surface area contributed by atoms with Crippen molar-refractivity contribution in [3.05, 3.63) is 40.1 Å². The first-order valence-electron chi connectivity index (χ1n) is 5.08. The fourth-order valence-electron chi connectivity index (χ4n) is 1.72. The second-order valence-corrected chi connectivity index (χ2v) is 4.81. The molecule has 0 aliphatic rings. The van der Waals surface area contributed by atoms with Crippen molar-refractivity contribution in [3.8, 4) is 0 Å². The highest BCUT2D eigenvalue weighted by Crippen LogP contribution is 2.27. The molecule has 2 rings (SSSR count). The molecule has 0 unspecified atom stereocenters. The number of nitrogens with zero attached hydrogens (tertiary/aromatic N) is 1. The minimum absolute atomic E-state index is 0.315. The van der Waals surface area contributed by atoms with Gasteiger partial charge in [-0.2, -0.15) is 5.10 Å². The lowest BCUT2D eigenvalue weighted by atomic mass is 9.88. The van der Waals surface area contributed by atoms with Crippen molar-refractivity contribution >= 4 is 10.8 Å². The zero-order valence-electron chi connectivity index (χ0n) is 9.47. The number of aromatic nitrogens is 2. The van der Waals surface area contributed by atoms with Crippen LogP contribution in [0.2, 0.25) is 0 Å². The molecule has 0 aliphatic carbocycles. The summed E-state index contributed by atoms with van der Waals surface area (Å²) < 4.78 is 13.8. The van der Waals surface area contributed by atoms with Crippen molar-refractivity contribution in [2.45, 2.75) is 26.2 Å². The zero-order valence-corrected chi connectivity index (χ0v) is 9.47. The summed E-state index contributed by atoms with van der Waals surface area (Å²) in [6, 6.07) is 4.48. The Kier molecular flexibility index (Phi) is 2.30. The number of halogens is 1. The molecule has 1 N–H and O–H groups in total. The van der Waals surface area contributed by atoms with Crippen LogP contribution in [0.25, 0.3) is 10.8 Å². The van der Waals surface area contributed by atoms with Crippen LogP contribution in [0.1, 0.15) is 26.5 Å². The smallest absolute Gasteiger partial charge is 0.267 e. The predicted octanol–water partition coefficient (Wildman–Crippen LogP) is 2.36. The SMILES string of the molecule is CC(C)(C)c1n[nH]c(=O)c2cccc(F)c12. The van der Waals surface area contributed by atoms with E-state index in [4.69, 9.17) is 0 Å². The third-order valence-electron chi connectivity index (χ3n) is 2.47. The van der Waals surface area contributed by atoms with Crippen LogP contribution in [-0.2, 0) is 5.41 Å². The number of hydrogen-bond donors (Lipinski definition) is 1. The van der Waals surface area contributed by atoms with E-state index in [-0.39, 0.29) is 11.0 Å². The Bertz CT molecular complexity index is 596. The van der Waals surface area contributed by atoms with E-state index in [1.807, 2.05) is 20.8 Å². The summed E-state index contributed by atoms with van der Waals surface area (Å²) in [4.78, 5) is 11.5. The number of benzene rings is 1. The lowest BCUT2D eigenvalue weighted by Crippen LogP contribution is -2.20. The van der Waals surface area contributed by atoms with E-state index in [1.54, 1.807) is 6.07 Å². The minimum Gasteiger partial charge on any atom is -0.267 e. The second-order valence-electron chi connectivity index (χ2n) is 4.81. The maximum absolute atomic E-state index is 13.8. The van der Waals surface area contributed by atoms with E-state index >= 15 is 0 Å². The Morgan fingerprint density at radius 1 is 1.31 bits per heavy atom. The summed E-state index contributed by atoms with van der Waals surface area (Å²) in [5, 5.41) is 7.03. The summed E-state index contributed by atoms with van der Waals surface area (Å²) in [5.41, 5.74) is -0.104. The van der Waals surface area contributed by atoms with E-state index < -0.39 is 5.82 Å². The molecule has 3 nitrogen and oxygen atoms in total. The maximum Gasteiger partial charge on any atom is 0.272 e. The summed E-state index contributed by atoms with van der Waals surface area (Å²) in [6.07, 6.45) is 0.